The Kier molecular flexibility index (Phi) is 6.93. The molecule has 206 valence electrons. The second-order valence-electron chi connectivity index (χ2n) is 10.8. The zero-order chi connectivity index (χ0) is 27.9. The number of nitrogens with two attached hydrogens (primary N) is 1. The molecule has 5 aromatic rings. The van der Waals surface area contributed by atoms with Crippen LogP contribution in [0, 0.1) is 0 Å². The fourth-order valence-corrected chi connectivity index (χ4v) is 6.66. The molecule has 0 bridgehead atoms. The van der Waals surface area contributed by atoms with Crippen LogP contribution < -0.4 is 5.73 Å². The van der Waals surface area contributed by atoms with E-state index in [4.69, 9.17) is 10.7 Å². The lowest BCUT2D eigenvalue weighted by atomic mass is 9.96. The average Bonchev–Trinajstić information content (AvgIpc) is 3.55. The fourth-order valence-electron chi connectivity index (χ4n) is 5.51. The number of likely N-dealkylation sites (tertiary alicyclic amines) is 1. The van der Waals surface area contributed by atoms with Crippen molar-refractivity contribution >= 4 is 27.0 Å². The first-order valence-electron chi connectivity index (χ1n) is 13.8. The van der Waals surface area contributed by atoms with Gasteiger partial charge in [-0.1, -0.05) is 66.7 Å². The number of hydrogen-bond donors (Lipinski definition) is 2. The summed E-state index contributed by atoms with van der Waals surface area (Å²) in [6.45, 7) is 6.26. The number of nitrogens with zero attached hydrogens (tertiary/aromatic N) is 4. The molecule has 1 aliphatic heterocycles. The van der Waals surface area contributed by atoms with E-state index in [0.717, 1.165) is 64.8 Å². The van der Waals surface area contributed by atoms with Gasteiger partial charge in [0.05, 0.1) is 27.7 Å². The lowest BCUT2D eigenvalue weighted by Crippen LogP contribution is -2.32. The minimum absolute atomic E-state index is 0.0332. The van der Waals surface area contributed by atoms with Crippen LogP contribution in [0.2, 0.25) is 0 Å². The van der Waals surface area contributed by atoms with Crippen LogP contribution >= 0.6 is 0 Å². The van der Waals surface area contributed by atoms with Gasteiger partial charge in [-0.3, -0.25) is 4.90 Å². The van der Waals surface area contributed by atoms with Crippen molar-refractivity contribution in [2.45, 2.75) is 44.4 Å². The highest BCUT2D eigenvalue weighted by Crippen LogP contribution is 2.36. The van der Waals surface area contributed by atoms with E-state index in [1.54, 1.807) is 13.8 Å². The third kappa shape index (κ3) is 4.91. The highest BCUT2D eigenvalue weighted by Gasteiger charge is 2.27. The van der Waals surface area contributed by atoms with E-state index >= 15 is 0 Å². The van der Waals surface area contributed by atoms with Crippen molar-refractivity contribution < 1.29 is 8.42 Å². The Morgan fingerprint density at radius 3 is 2.27 bits per heavy atom. The third-order valence-corrected chi connectivity index (χ3v) is 9.85. The largest absolute Gasteiger partial charge is 0.368 e. The molecule has 0 atom stereocenters. The number of rotatable bonds is 7. The van der Waals surface area contributed by atoms with Crippen molar-refractivity contribution in [3.05, 3.63) is 90.3 Å². The van der Waals surface area contributed by atoms with Crippen molar-refractivity contribution in [1.29, 1.82) is 0 Å². The molecule has 2 aromatic heterocycles. The van der Waals surface area contributed by atoms with Crippen molar-refractivity contribution in [1.82, 2.24) is 23.8 Å². The molecule has 3 N–H and O–H groups in total. The smallest absolute Gasteiger partial charge is 0.244 e. The predicted octanol–water partition coefficient (Wildman–Crippen LogP) is 5.64. The van der Waals surface area contributed by atoms with Gasteiger partial charge in [-0.25, -0.2) is 22.4 Å². The number of fused-ring (bicyclic) bond motifs is 1. The highest BCUT2D eigenvalue weighted by atomic mass is 32.2. The predicted molar refractivity (Wildman–Crippen MR) is 160 cm³/mol. The number of imidazole rings is 2. The number of aromatic amines is 1. The van der Waals surface area contributed by atoms with E-state index in [9.17, 15) is 8.42 Å². The van der Waals surface area contributed by atoms with Crippen LogP contribution in [-0.2, 0) is 16.6 Å². The van der Waals surface area contributed by atoms with Crippen LogP contribution in [0.3, 0.4) is 0 Å². The molecule has 6 rings (SSSR count). The normalized spacial score (nSPS) is 15.3. The summed E-state index contributed by atoms with van der Waals surface area (Å²) in [5.74, 6) is 1.25. The lowest BCUT2D eigenvalue weighted by molar-refractivity contribution is 0.202. The third-order valence-electron chi connectivity index (χ3n) is 7.77. The Morgan fingerprint density at radius 2 is 1.60 bits per heavy atom. The average molecular weight is 555 g/mol. The van der Waals surface area contributed by atoms with Crippen LogP contribution in [-0.4, -0.2) is 50.6 Å². The molecule has 3 aromatic carbocycles. The summed E-state index contributed by atoms with van der Waals surface area (Å²) in [6.07, 6.45) is 2.03. The van der Waals surface area contributed by atoms with E-state index in [0.29, 0.717) is 17.0 Å². The number of aromatic nitrogens is 4. The summed E-state index contributed by atoms with van der Waals surface area (Å²) >= 11 is 0. The molecule has 0 unspecified atom stereocenters. The maximum absolute atomic E-state index is 13.1. The molecule has 40 heavy (non-hydrogen) atoms. The van der Waals surface area contributed by atoms with Gasteiger partial charge < -0.3 is 10.7 Å². The second-order valence-corrected chi connectivity index (χ2v) is 13.1. The lowest BCUT2D eigenvalue weighted by Gasteiger charge is -2.31. The van der Waals surface area contributed by atoms with Crippen LogP contribution in [0.1, 0.15) is 44.0 Å². The van der Waals surface area contributed by atoms with Gasteiger partial charge in [-0.15, -0.1) is 0 Å². The van der Waals surface area contributed by atoms with Gasteiger partial charge >= 0.3 is 0 Å². The number of H-pyrrole nitrogens is 1. The van der Waals surface area contributed by atoms with Crippen molar-refractivity contribution in [2.24, 2.45) is 0 Å². The monoisotopic (exact) mass is 554 g/mol. The Morgan fingerprint density at radius 1 is 0.925 bits per heavy atom. The number of nitrogen functional groups attached to an aromatic ring is 1. The molecule has 0 radical (unpaired) electrons. The second kappa shape index (κ2) is 10.6. The summed E-state index contributed by atoms with van der Waals surface area (Å²) in [4.78, 5) is 15.6. The van der Waals surface area contributed by atoms with E-state index in [1.807, 2.05) is 36.4 Å². The summed E-state index contributed by atoms with van der Waals surface area (Å²) in [6, 6.07) is 26.3. The maximum atomic E-state index is 13.1. The minimum atomic E-state index is -3.70. The van der Waals surface area contributed by atoms with Gasteiger partial charge in [0, 0.05) is 23.6 Å². The molecule has 0 amide bonds. The molecular formula is C31H34N6O2S. The summed E-state index contributed by atoms with van der Waals surface area (Å²) < 4.78 is 27.4. The summed E-state index contributed by atoms with van der Waals surface area (Å²) in [5.41, 5.74) is 12.0. The molecule has 1 fully saturated rings. The van der Waals surface area contributed by atoms with Crippen LogP contribution in [0.15, 0.2) is 78.9 Å². The SMILES string of the molecule is CC(C)S(=O)(=O)n1c(N)nc2ccc(-c3nc(C4CCN(Cc5ccccc5)CC4)[nH]c3-c3ccccc3)cc21. The van der Waals surface area contributed by atoms with E-state index in [-0.39, 0.29) is 5.95 Å². The molecule has 9 heteroatoms. The zero-order valence-corrected chi connectivity index (χ0v) is 23.6. The van der Waals surface area contributed by atoms with Crippen molar-refractivity contribution in [3.8, 4) is 22.5 Å². The Bertz CT molecular complexity index is 1740. The number of hydrogen-bond acceptors (Lipinski definition) is 6. The quantitative estimate of drug-likeness (QED) is 0.269. The van der Waals surface area contributed by atoms with Crippen molar-refractivity contribution in [3.63, 3.8) is 0 Å². The topological polar surface area (TPSA) is 110 Å². The molecule has 0 spiro atoms. The molecular weight excluding hydrogens is 520 g/mol. The van der Waals surface area contributed by atoms with E-state index in [2.05, 4.69) is 57.3 Å². The number of nitrogens with one attached hydrogen (secondary N) is 1. The minimum Gasteiger partial charge on any atom is -0.368 e. The summed E-state index contributed by atoms with van der Waals surface area (Å²) in [7, 11) is -3.70. The molecule has 8 nitrogen and oxygen atoms in total. The summed E-state index contributed by atoms with van der Waals surface area (Å²) in [5, 5.41) is -0.638. The van der Waals surface area contributed by atoms with Crippen LogP contribution in [0.25, 0.3) is 33.5 Å². The highest BCUT2D eigenvalue weighted by molar-refractivity contribution is 7.90. The van der Waals surface area contributed by atoms with E-state index < -0.39 is 15.3 Å². The Hall–Kier alpha value is -3.95. The van der Waals surface area contributed by atoms with Crippen LogP contribution in [0.4, 0.5) is 5.95 Å². The van der Waals surface area contributed by atoms with Crippen LogP contribution in [0.5, 0.6) is 0 Å². The van der Waals surface area contributed by atoms with Gasteiger partial charge in [0.1, 0.15) is 5.82 Å². The number of piperidine rings is 1. The van der Waals surface area contributed by atoms with Gasteiger partial charge in [-0.05, 0) is 57.5 Å². The fraction of sp³-hybridized carbons (Fsp3) is 0.290. The van der Waals surface area contributed by atoms with Gasteiger partial charge in [0.15, 0.2) is 0 Å². The van der Waals surface area contributed by atoms with Gasteiger partial charge in [-0.2, -0.15) is 0 Å². The Balaban J connectivity index is 1.36. The van der Waals surface area contributed by atoms with E-state index in [1.165, 1.54) is 5.56 Å². The molecule has 1 saturated heterocycles. The first-order chi connectivity index (χ1) is 19.3. The standard InChI is InChI=1S/C31H34N6O2S/c1-21(2)40(38,39)37-27-19-25(13-14-26(27)33-31(37)32)29-28(23-11-7-4-8-12-23)34-30(35-29)24-15-17-36(18-16-24)20-22-9-5-3-6-10-22/h3-14,19,21,24H,15-18,20H2,1-2H3,(H2,32,33)(H,34,35). The number of benzene rings is 3. The first-order valence-corrected chi connectivity index (χ1v) is 15.3. The maximum Gasteiger partial charge on any atom is 0.244 e. The number of anilines is 1. The first kappa shape index (κ1) is 26.3. The van der Waals surface area contributed by atoms with Gasteiger partial charge in [0.2, 0.25) is 16.0 Å². The zero-order valence-electron chi connectivity index (χ0n) is 22.8. The van der Waals surface area contributed by atoms with Gasteiger partial charge in [0.25, 0.3) is 0 Å². The van der Waals surface area contributed by atoms with Crippen molar-refractivity contribution in [2.75, 3.05) is 18.8 Å². The molecule has 1 aliphatic rings. The molecule has 3 heterocycles. The molecule has 0 saturated carbocycles. The molecule has 0 aliphatic carbocycles. The Labute approximate surface area is 234 Å².